The van der Waals surface area contributed by atoms with Crippen molar-refractivity contribution in [3.63, 3.8) is 0 Å². The normalized spacial score (nSPS) is 14.9. The fraction of sp³-hybridized carbons (Fsp3) is 0.278. The van der Waals surface area contributed by atoms with Crippen LogP contribution in [0.25, 0.3) is 17.2 Å². The molecule has 1 N–H and O–H groups in total. The molecule has 1 aliphatic rings. The van der Waals surface area contributed by atoms with Crippen LogP contribution >= 0.6 is 0 Å². The summed E-state index contributed by atoms with van der Waals surface area (Å²) in [6.07, 6.45) is -2.58. The fourth-order valence-corrected chi connectivity index (χ4v) is 3.07. The van der Waals surface area contributed by atoms with Crippen LogP contribution in [0, 0.1) is 0 Å². The summed E-state index contributed by atoms with van der Waals surface area (Å²) in [5.41, 5.74) is 0.0000637. The number of halogens is 4. The predicted octanol–water partition coefficient (Wildman–Crippen LogP) is 2.55. The molecule has 3 aromatic rings. The molecule has 152 valence electrons. The van der Waals surface area contributed by atoms with Gasteiger partial charge in [0.15, 0.2) is 5.58 Å². The lowest BCUT2D eigenvalue weighted by Crippen LogP contribution is -2.28. The van der Waals surface area contributed by atoms with Gasteiger partial charge in [-0.3, -0.25) is 9.56 Å². The van der Waals surface area contributed by atoms with Crippen molar-refractivity contribution in [1.82, 2.24) is 14.5 Å². The first kappa shape index (κ1) is 19.0. The van der Waals surface area contributed by atoms with Gasteiger partial charge in [0, 0.05) is 12.1 Å². The number of fused-ring (bicyclic) bond motifs is 2. The second-order valence-corrected chi connectivity index (χ2v) is 6.48. The first-order valence-corrected chi connectivity index (χ1v) is 8.55. The van der Waals surface area contributed by atoms with E-state index in [1.54, 1.807) is 0 Å². The average Bonchev–Trinajstić information content (AvgIpc) is 3.19. The number of aliphatic imine (C=N–C) groups is 1. The predicted molar refractivity (Wildman–Crippen MR) is 92.6 cm³/mol. The number of H-pyrrole nitrogens is 1. The Morgan fingerprint density at radius 3 is 2.90 bits per heavy atom. The summed E-state index contributed by atoms with van der Waals surface area (Å²) >= 11 is 0. The molecule has 29 heavy (non-hydrogen) atoms. The number of oxazole rings is 1. The molecule has 2 heterocycles. The number of rotatable bonds is 4. The molecule has 4 rings (SSSR count). The molecule has 11 heteroatoms. The molecule has 0 unspecified atom stereocenters. The summed E-state index contributed by atoms with van der Waals surface area (Å²) in [5, 5.41) is 12.2. The van der Waals surface area contributed by atoms with Gasteiger partial charge in [0.1, 0.15) is 11.7 Å². The zero-order chi connectivity index (χ0) is 20.8. The molecule has 0 fully saturated rings. The molecule has 0 amide bonds. The van der Waals surface area contributed by atoms with Crippen molar-refractivity contribution < 1.29 is 27.1 Å². The van der Waals surface area contributed by atoms with Crippen LogP contribution in [0.3, 0.4) is 0 Å². The van der Waals surface area contributed by atoms with E-state index in [1.807, 2.05) is 0 Å². The maximum Gasteiger partial charge on any atom is 0.420 e. The molecule has 0 bridgehead atoms. The van der Waals surface area contributed by atoms with Crippen LogP contribution in [0.15, 0.2) is 38.2 Å². The molecular formula is C18H13F4N4O3-. The molecule has 0 radical (unpaired) electrons. The third-order valence-electron chi connectivity index (χ3n) is 4.46. The maximum absolute atomic E-state index is 13.3. The largest absolute Gasteiger partial charge is 0.861 e. The molecule has 2 aromatic heterocycles. The van der Waals surface area contributed by atoms with Crippen LogP contribution in [-0.4, -0.2) is 20.4 Å². The lowest BCUT2D eigenvalue weighted by atomic mass is 10.1. The van der Waals surface area contributed by atoms with E-state index in [4.69, 9.17) is 4.42 Å². The van der Waals surface area contributed by atoms with Gasteiger partial charge in [-0.1, -0.05) is 0 Å². The van der Waals surface area contributed by atoms with Crippen LogP contribution in [0.1, 0.15) is 29.2 Å². The highest BCUT2D eigenvalue weighted by Crippen LogP contribution is 2.31. The highest BCUT2D eigenvalue weighted by atomic mass is 19.4. The van der Waals surface area contributed by atoms with Gasteiger partial charge in [0.05, 0.1) is 29.9 Å². The summed E-state index contributed by atoms with van der Waals surface area (Å²) < 4.78 is 57.7. The summed E-state index contributed by atoms with van der Waals surface area (Å²) in [6, 6.07) is 2.56. The summed E-state index contributed by atoms with van der Waals surface area (Å²) in [5.74, 6) is -1.65. The molecule has 7 nitrogen and oxygen atoms in total. The second kappa shape index (κ2) is 6.90. The molecular weight excluding hydrogens is 396 g/mol. The van der Waals surface area contributed by atoms with E-state index in [9.17, 15) is 27.5 Å². The number of hydrogen-bond acceptors (Lipinski definition) is 5. The Bertz CT molecular complexity index is 1200. The Morgan fingerprint density at radius 2 is 2.14 bits per heavy atom. The van der Waals surface area contributed by atoms with Crippen molar-refractivity contribution in [1.29, 1.82) is 0 Å². The van der Waals surface area contributed by atoms with Crippen LogP contribution < -0.4 is 10.9 Å². The van der Waals surface area contributed by atoms with Crippen LogP contribution in [0.2, 0.25) is 0 Å². The minimum atomic E-state index is -4.60. The number of nitrogens with one attached hydrogen (secondary N) is 1. The lowest BCUT2D eigenvalue weighted by molar-refractivity contribution is -0.220. The molecule has 1 aromatic carbocycles. The number of aromatic nitrogens is 3. The smallest absolute Gasteiger partial charge is 0.420 e. The van der Waals surface area contributed by atoms with E-state index in [1.165, 1.54) is 6.08 Å². The Morgan fingerprint density at radius 1 is 1.34 bits per heavy atom. The van der Waals surface area contributed by atoms with Gasteiger partial charge < -0.3 is 14.5 Å². The summed E-state index contributed by atoms with van der Waals surface area (Å²) in [7, 11) is 0. The van der Waals surface area contributed by atoms with Crippen molar-refractivity contribution in [3.8, 4) is 0 Å². The maximum atomic E-state index is 13.3. The molecule has 0 saturated heterocycles. The van der Waals surface area contributed by atoms with Gasteiger partial charge >= 0.3 is 11.9 Å². The van der Waals surface area contributed by atoms with E-state index in [0.29, 0.717) is 17.9 Å². The number of alkyl halides is 3. The highest BCUT2D eigenvalue weighted by molar-refractivity contribution is 5.78. The van der Waals surface area contributed by atoms with E-state index >= 15 is 0 Å². The Balaban J connectivity index is 1.56. The molecule has 0 spiro atoms. The van der Waals surface area contributed by atoms with E-state index in [-0.39, 0.29) is 29.9 Å². The molecule has 0 saturated carbocycles. The molecule has 0 aliphatic heterocycles. The number of hydrogen-bond donors (Lipinski definition) is 1. The quantitative estimate of drug-likeness (QED) is 0.407. The number of aromatic amines is 1. The topological polar surface area (TPSA) is 99.2 Å². The first-order valence-electron chi connectivity index (χ1n) is 8.55. The number of aryl methyl sites for hydroxylation is 1. The van der Waals surface area contributed by atoms with Gasteiger partial charge in [0.2, 0.25) is 0 Å². The minimum absolute atomic E-state index is 0.0664. The van der Waals surface area contributed by atoms with E-state index < -0.39 is 29.9 Å². The number of allylic oxidation sites excluding steroid dienone is 1. The number of benzene rings is 1. The third-order valence-corrected chi connectivity index (χ3v) is 4.46. The minimum Gasteiger partial charge on any atom is -0.861 e. The fourth-order valence-electron chi connectivity index (χ4n) is 3.07. The summed E-state index contributed by atoms with van der Waals surface area (Å²) in [4.78, 5) is 22.8. The van der Waals surface area contributed by atoms with Crippen molar-refractivity contribution in [2.24, 2.45) is 4.99 Å². The Labute approximate surface area is 160 Å². The highest BCUT2D eigenvalue weighted by Gasteiger charge is 2.31. The number of imidazole rings is 1. The average molecular weight is 409 g/mol. The second-order valence-electron chi connectivity index (χ2n) is 6.48. The van der Waals surface area contributed by atoms with Crippen molar-refractivity contribution in [2.75, 3.05) is 0 Å². The number of nitrogens with zero attached hydrogens (tertiary/aromatic N) is 3. The van der Waals surface area contributed by atoms with Crippen molar-refractivity contribution in [3.05, 3.63) is 57.4 Å². The van der Waals surface area contributed by atoms with Gasteiger partial charge in [-0.05, 0) is 36.6 Å². The van der Waals surface area contributed by atoms with Crippen LogP contribution in [0.4, 0.5) is 17.6 Å². The van der Waals surface area contributed by atoms with E-state index in [2.05, 4.69) is 15.0 Å². The van der Waals surface area contributed by atoms with Gasteiger partial charge in [-0.15, -0.1) is 0 Å². The van der Waals surface area contributed by atoms with Gasteiger partial charge in [-0.25, -0.2) is 14.2 Å². The lowest BCUT2D eigenvalue weighted by Gasteiger charge is -2.11. The standard InChI is InChI=1S/C18H14F4N4O3/c19-10-2-3-11-12(6-10)25-15(24-11)7-23-16(27)8-26-13-5-9(18(20,21)22)1-4-14(13)29-17(26)28/h1,4-6H,2-3,7-8H2,(H,23,27)(H,24,25)/p-1. The SMILES string of the molecule is O=c1oc2ccc(C(F)(F)F)cc2n1CC([O-])=NCc1nc2c([nH]1)CCC(F)=C2. The van der Waals surface area contributed by atoms with Crippen LogP contribution in [-0.2, 0) is 25.7 Å². The van der Waals surface area contributed by atoms with Gasteiger partial charge in [-0.2, -0.15) is 13.2 Å². The zero-order valence-corrected chi connectivity index (χ0v) is 14.7. The van der Waals surface area contributed by atoms with Gasteiger partial charge in [0.25, 0.3) is 0 Å². The molecule has 0 atom stereocenters. The van der Waals surface area contributed by atoms with E-state index in [0.717, 1.165) is 28.5 Å². The third kappa shape index (κ3) is 3.80. The zero-order valence-electron chi connectivity index (χ0n) is 14.7. The van der Waals surface area contributed by atoms with Crippen molar-refractivity contribution in [2.45, 2.75) is 32.1 Å². The van der Waals surface area contributed by atoms with Crippen LogP contribution in [0.5, 0.6) is 0 Å². The van der Waals surface area contributed by atoms with Crippen molar-refractivity contribution >= 4 is 23.1 Å². The Hall–Kier alpha value is -3.37. The Kier molecular flexibility index (Phi) is 4.52. The first-order chi connectivity index (χ1) is 13.7. The summed E-state index contributed by atoms with van der Waals surface area (Å²) in [6.45, 7) is -0.721. The monoisotopic (exact) mass is 409 g/mol. The molecule has 1 aliphatic carbocycles.